The van der Waals surface area contributed by atoms with E-state index in [-0.39, 0.29) is 24.3 Å². The van der Waals surface area contributed by atoms with Gasteiger partial charge in [0.1, 0.15) is 0 Å². The Bertz CT molecular complexity index is 536. The van der Waals surface area contributed by atoms with E-state index in [4.69, 9.17) is 4.52 Å². The molecule has 0 aromatic carbocycles. The third kappa shape index (κ3) is 2.97. The molecule has 2 aliphatic rings. The van der Waals surface area contributed by atoms with E-state index in [0.29, 0.717) is 24.7 Å². The van der Waals surface area contributed by atoms with E-state index in [0.717, 1.165) is 25.7 Å². The Morgan fingerprint density at radius 3 is 2.76 bits per heavy atom. The summed E-state index contributed by atoms with van der Waals surface area (Å²) in [5, 5.41) is 6.85. The van der Waals surface area contributed by atoms with E-state index < -0.39 is 6.04 Å². The average molecular weight is 292 g/mol. The Balaban J connectivity index is 1.52. The van der Waals surface area contributed by atoms with Gasteiger partial charge in [0.05, 0.1) is 12.5 Å². The molecule has 0 radical (unpaired) electrons. The Hall–Kier alpha value is -1.76. The largest absolute Gasteiger partial charge is 0.339 e. The average Bonchev–Trinajstić information content (AvgIpc) is 3.14. The monoisotopic (exact) mass is 292 g/mol. The maximum atomic E-state index is 12.3. The zero-order valence-corrected chi connectivity index (χ0v) is 12.2. The summed E-state index contributed by atoms with van der Waals surface area (Å²) in [4.78, 5) is 30.0. The van der Waals surface area contributed by atoms with Crippen molar-refractivity contribution in [3.8, 4) is 0 Å². The summed E-state index contributed by atoms with van der Waals surface area (Å²) in [6.07, 6.45) is 4.93. The number of rotatable bonds is 5. The summed E-state index contributed by atoms with van der Waals surface area (Å²) >= 11 is 0. The first-order valence-electron chi connectivity index (χ1n) is 7.53. The minimum absolute atomic E-state index is 0.0435. The Morgan fingerprint density at radius 2 is 2.10 bits per heavy atom. The molecule has 3 rings (SSSR count). The highest BCUT2D eigenvalue weighted by Gasteiger charge is 2.42. The van der Waals surface area contributed by atoms with E-state index in [1.54, 1.807) is 6.92 Å². The molecule has 1 unspecified atom stereocenters. The van der Waals surface area contributed by atoms with Crippen LogP contribution in [0.3, 0.4) is 0 Å². The summed E-state index contributed by atoms with van der Waals surface area (Å²) in [6.45, 7) is 2.31. The van der Waals surface area contributed by atoms with Crippen LogP contribution in [0.5, 0.6) is 0 Å². The number of nitrogens with zero attached hydrogens (tertiary/aromatic N) is 3. The third-order valence-corrected chi connectivity index (χ3v) is 4.17. The number of carbonyl (C=O) groups is 2. The number of carbonyl (C=O) groups excluding carboxylic acids is 2. The number of nitrogens with one attached hydrogen (secondary N) is 1. The minimum atomic E-state index is -0.401. The zero-order valence-electron chi connectivity index (χ0n) is 12.2. The minimum Gasteiger partial charge on any atom is -0.339 e. The van der Waals surface area contributed by atoms with Gasteiger partial charge in [-0.3, -0.25) is 14.5 Å². The van der Waals surface area contributed by atoms with Crippen LogP contribution >= 0.6 is 0 Å². The normalized spacial score (nSPS) is 23.5. The summed E-state index contributed by atoms with van der Waals surface area (Å²) in [5.41, 5.74) is 0. The van der Waals surface area contributed by atoms with Crippen LogP contribution in [0.1, 0.15) is 43.8 Å². The van der Waals surface area contributed by atoms with Crippen molar-refractivity contribution < 1.29 is 14.1 Å². The fourth-order valence-electron chi connectivity index (χ4n) is 3.15. The molecule has 21 heavy (non-hydrogen) atoms. The molecule has 0 spiro atoms. The molecular formula is C14H20N4O3. The van der Waals surface area contributed by atoms with Crippen molar-refractivity contribution in [2.24, 2.45) is 0 Å². The topological polar surface area (TPSA) is 88.3 Å². The van der Waals surface area contributed by atoms with Gasteiger partial charge < -0.3 is 9.84 Å². The maximum absolute atomic E-state index is 12.3. The van der Waals surface area contributed by atoms with Crippen LogP contribution in [-0.4, -0.2) is 45.5 Å². The number of likely N-dealkylation sites (tertiary alicyclic amines) is 1. The first kappa shape index (κ1) is 14.2. The molecule has 1 aromatic rings. The summed E-state index contributed by atoms with van der Waals surface area (Å²) in [7, 11) is 0. The molecule has 2 amide bonds. The summed E-state index contributed by atoms with van der Waals surface area (Å²) in [6, 6.07) is -0.280. The Morgan fingerprint density at radius 1 is 1.33 bits per heavy atom. The summed E-state index contributed by atoms with van der Waals surface area (Å²) in [5.74, 6) is 1.03. The SMILES string of the molecule is Cc1noc(CCNC2CC(=O)N(C3CCCC3)C2=O)n1. The van der Waals surface area contributed by atoms with E-state index in [2.05, 4.69) is 15.5 Å². The highest BCUT2D eigenvalue weighted by Crippen LogP contribution is 2.28. The van der Waals surface area contributed by atoms with Crippen LogP contribution in [0.2, 0.25) is 0 Å². The fourth-order valence-corrected chi connectivity index (χ4v) is 3.15. The molecule has 7 nitrogen and oxygen atoms in total. The van der Waals surface area contributed by atoms with Crippen molar-refractivity contribution in [1.82, 2.24) is 20.4 Å². The van der Waals surface area contributed by atoms with Crippen molar-refractivity contribution in [2.75, 3.05) is 6.54 Å². The van der Waals surface area contributed by atoms with Crippen LogP contribution in [0.25, 0.3) is 0 Å². The molecule has 2 fully saturated rings. The van der Waals surface area contributed by atoms with E-state index >= 15 is 0 Å². The van der Waals surface area contributed by atoms with Crippen LogP contribution in [0, 0.1) is 6.92 Å². The molecule has 1 N–H and O–H groups in total. The van der Waals surface area contributed by atoms with Gasteiger partial charge in [-0.05, 0) is 19.8 Å². The van der Waals surface area contributed by atoms with Crippen molar-refractivity contribution >= 4 is 11.8 Å². The van der Waals surface area contributed by atoms with E-state index in [9.17, 15) is 9.59 Å². The lowest BCUT2D eigenvalue weighted by atomic mass is 10.2. The second-order valence-corrected chi connectivity index (χ2v) is 5.74. The first-order valence-corrected chi connectivity index (χ1v) is 7.53. The number of hydrogen-bond acceptors (Lipinski definition) is 6. The Kier molecular flexibility index (Phi) is 4.01. The zero-order chi connectivity index (χ0) is 14.8. The van der Waals surface area contributed by atoms with Gasteiger partial charge in [0.2, 0.25) is 17.7 Å². The van der Waals surface area contributed by atoms with Crippen LogP contribution in [0.4, 0.5) is 0 Å². The molecule has 1 aromatic heterocycles. The molecule has 1 saturated carbocycles. The van der Waals surface area contributed by atoms with Gasteiger partial charge in [-0.1, -0.05) is 18.0 Å². The number of aryl methyl sites for hydroxylation is 1. The third-order valence-electron chi connectivity index (χ3n) is 4.17. The van der Waals surface area contributed by atoms with Gasteiger partial charge in [-0.2, -0.15) is 4.98 Å². The molecule has 1 aliphatic carbocycles. The second-order valence-electron chi connectivity index (χ2n) is 5.74. The quantitative estimate of drug-likeness (QED) is 0.799. The lowest BCUT2D eigenvalue weighted by molar-refractivity contribution is -0.141. The molecule has 1 aliphatic heterocycles. The predicted octanol–water partition coefficient (Wildman–Crippen LogP) is 0.580. The van der Waals surface area contributed by atoms with Crippen molar-refractivity contribution in [2.45, 2.75) is 57.5 Å². The number of hydrogen-bond donors (Lipinski definition) is 1. The number of imide groups is 1. The molecule has 114 valence electrons. The van der Waals surface area contributed by atoms with Crippen molar-refractivity contribution in [3.05, 3.63) is 11.7 Å². The summed E-state index contributed by atoms with van der Waals surface area (Å²) < 4.78 is 5.02. The smallest absolute Gasteiger partial charge is 0.247 e. The standard InChI is InChI=1S/C14H20N4O3/c1-9-16-12(21-17-9)6-7-15-11-8-13(19)18(14(11)20)10-4-2-3-5-10/h10-11,15H,2-8H2,1H3. The van der Waals surface area contributed by atoms with Gasteiger partial charge in [-0.15, -0.1) is 0 Å². The lowest BCUT2D eigenvalue weighted by Gasteiger charge is -2.22. The maximum Gasteiger partial charge on any atom is 0.247 e. The molecule has 2 heterocycles. The highest BCUT2D eigenvalue weighted by molar-refractivity contribution is 6.05. The first-order chi connectivity index (χ1) is 10.1. The molecule has 0 bridgehead atoms. The van der Waals surface area contributed by atoms with Crippen molar-refractivity contribution in [1.29, 1.82) is 0 Å². The van der Waals surface area contributed by atoms with E-state index in [1.165, 1.54) is 4.90 Å². The Labute approximate surface area is 123 Å². The van der Waals surface area contributed by atoms with Gasteiger partial charge in [0.15, 0.2) is 5.82 Å². The van der Waals surface area contributed by atoms with Crippen LogP contribution in [-0.2, 0) is 16.0 Å². The van der Waals surface area contributed by atoms with Gasteiger partial charge >= 0.3 is 0 Å². The second kappa shape index (κ2) is 5.93. The van der Waals surface area contributed by atoms with Crippen LogP contribution < -0.4 is 5.32 Å². The van der Waals surface area contributed by atoms with Gasteiger partial charge in [-0.25, -0.2) is 0 Å². The molecule has 7 heteroatoms. The molecule has 1 atom stereocenters. The number of amides is 2. The highest BCUT2D eigenvalue weighted by atomic mass is 16.5. The van der Waals surface area contributed by atoms with Gasteiger partial charge in [0.25, 0.3) is 0 Å². The fraction of sp³-hybridized carbons (Fsp3) is 0.714. The van der Waals surface area contributed by atoms with Crippen LogP contribution in [0.15, 0.2) is 4.52 Å². The van der Waals surface area contributed by atoms with Gasteiger partial charge in [0, 0.05) is 19.0 Å². The van der Waals surface area contributed by atoms with E-state index in [1.807, 2.05) is 0 Å². The molecular weight excluding hydrogens is 272 g/mol. The number of aromatic nitrogens is 2. The lowest BCUT2D eigenvalue weighted by Crippen LogP contribution is -2.43. The molecule has 1 saturated heterocycles. The van der Waals surface area contributed by atoms with Crippen molar-refractivity contribution in [3.63, 3.8) is 0 Å². The predicted molar refractivity (Wildman–Crippen MR) is 73.3 cm³/mol.